The summed E-state index contributed by atoms with van der Waals surface area (Å²) < 4.78 is 11.6. The van der Waals surface area contributed by atoms with Gasteiger partial charge in [0, 0.05) is 10.0 Å². The zero-order chi connectivity index (χ0) is 16.2. The van der Waals surface area contributed by atoms with Crippen molar-refractivity contribution in [3.63, 3.8) is 0 Å². The summed E-state index contributed by atoms with van der Waals surface area (Å²) in [5.74, 6) is 0.666. The number of benzene rings is 2. The van der Waals surface area contributed by atoms with Gasteiger partial charge in [0.2, 0.25) is 5.90 Å². The summed E-state index contributed by atoms with van der Waals surface area (Å²) in [6.07, 6.45) is 1.70. The van der Waals surface area contributed by atoms with Crippen LogP contribution < -0.4 is 4.74 Å². The normalized spacial score (nSPS) is 15.5. The summed E-state index contributed by atoms with van der Waals surface area (Å²) in [6.45, 7) is 2.55. The number of esters is 1. The summed E-state index contributed by atoms with van der Waals surface area (Å²) in [5, 5.41) is 0. The van der Waals surface area contributed by atoms with Gasteiger partial charge in [0.05, 0.1) is 6.61 Å². The van der Waals surface area contributed by atoms with Crippen LogP contribution in [0.4, 0.5) is 0 Å². The van der Waals surface area contributed by atoms with Crippen molar-refractivity contribution in [2.75, 3.05) is 6.61 Å². The quantitative estimate of drug-likeness (QED) is 0.597. The summed E-state index contributed by atoms with van der Waals surface area (Å²) in [4.78, 5) is 16.2. The maximum absolute atomic E-state index is 12.0. The van der Waals surface area contributed by atoms with Gasteiger partial charge in [-0.1, -0.05) is 28.1 Å². The predicted octanol–water partition coefficient (Wildman–Crippen LogP) is 4.19. The highest BCUT2D eigenvalue weighted by atomic mass is 79.9. The number of ether oxygens (including phenoxy) is 2. The SMILES string of the molecule is CCOc1ccc(/C=C2/N=C(c3ccc(Br)cc3)OC2=O)cc1. The second-order valence-electron chi connectivity index (χ2n) is 4.84. The first-order valence-corrected chi connectivity index (χ1v) is 7.96. The van der Waals surface area contributed by atoms with Crippen LogP contribution in [0.1, 0.15) is 18.1 Å². The van der Waals surface area contributed by atoms with E-state index in [1.165, 1.54) is 0 Å². The van der Waals surface area contributed by atoms with Gasteiger partial charge in [0.25, 0.3) is 0 Å². The first kappa shape index (κ1) is 15.5. The molecule has 0 radical (unpaired) electrons. The third-order valence-electron chi connectivity index (χ3n) is 3.21. The van der Waals surface area contributed by atoms with Gasteiger partial charge in [-0.25, -0.2) is 9.79 Å². The number of carbonyl (C=O) groups is 1. The minimum Gasteiger partial charge on any atom is -0.494 e. The van der Waals surface area contributed by atoms with Crippen LogP contribution in [-0.4, -0.2) is 18.5 Å². The molecule has 3 rings (SSSR count). The van der Waals surface area contributed by atoms with Crippen molar-refractivity contribution in [2.45, 2.75) is 6.92 Å². The Hall–Kier alpha value is -2.40. The number of aliphatic imine (C=N–C) groups is 1. The predicted molar refractivity (Wildman–Crippen MR) is 92.4 cm³/mol. The van der Waals surface area contributed by atoms with Gasteiger partial charge < -0.3 is 9.47 Å². The van der Waals surface area contributed by atoms with Crippen molar-refractivity contribution in [3.8, 4) is 5.75 Å². The van der Waals surface area contributed by atoms with Crippen LogP contribution in [0.25, 0.3) is 6.08 Å². The summed E-state index contributed by atoms with van der Waals surface area (Å²) in [6, 6.07) is 14.9. The highest BCUT2D eigenvalue weighted by Crippen LogP contribution is 2.21. The van der Waals surface area contributed by atoms with Gasteiger partial charge >= 0.3 is 5.97 Å². The second-order valence-corrected chi connectivity index (χ2v) is 5.76. The molecule has 2 aromatic carbocycles. The van der Waals surface area contributed by atoms with Gasteiger partial charge in [-0.05, 0) is 55.0 Å². The Bertz CT molecular complexity index is 777. The van der Waals surface area contributed by atoms with Gasteiger partial charge in [-0.2, -0.15) is 0 Å². The molecule has 0 fully saturated rings. The smallest absolute Gasteiger partial charge is 0.363 e. The van der Waals surface area contributed by atoms with E-state index in [1.807, 2.05) is 55.5 Å². The maximum Gasteiger partial charge on any atom is 0.363 e. The Morgan fingerprint density at radius 2 is 1.83 bits per heavy atom. The van der Waals surface area contributed by atoms with E-state index < -0.39 is 5.97 Å². The van der Waals surface area contributed by atoms with Crippen molar-refractivity contribution in [3.05, 3.63) is 69.8 Å². The lowest BCUT2D eigenvalue weighted by atomic mass is 10.2. The van der Waals surface area contributed by atoms with E-state index in [0.717, 1.165) is 21.3 Å². The molecule has 0 N–H and O–H groups in total. The molecule has 0 saturated carbocycles. The van der Waals surface area contributed by atoms with Crippen molar-refractivity contribution in [2.24, 2.45) is 4.99 Å². The van der Waals surface area contributed by atoms with Gasteiger partial charge in [-0.3, -0.25) is 0 Å². The molecule has 0 bridgehead atoms. The Balaban J connectivity index is 1.84. The van der Waals surface area contributed by atoms with Crippen molar-refractivity contribution < 1.29 is 14.3 Å². The molecule has 0 unspecified atom stereocenters. The summed E-state index contributed by atoms with van der Waals surface area (Å²) >= 11 is 3.37. The van der Waals surface area contributed by atoms with Crippen LogP contribution >= 0.6 is 15.9 Å². The monoisotopic (exact) mass is 371 g/mol. The van der Waals surface area contributed by atoms with Gasteiger partial charge in [-0.15, -0.1) is 0 Å². The van der Waals surface area contributed by atoms with E-state index in [0.29, 0.717) is 12.5 Å². The standard InChI is InChI=1S/C18H14BrNO3/c1-2-22-15-9-3-12(4-10-15)11-16-18(21)23-17(20-16)13-5-7-14(19)8-6-13/h3-11H,2H2,1H3/b16-11+. The molecule has 0 spiro atoms. The number of hydrogen-bond acceptors (Lipinski definition) is 4. The highest BCUT2D eigenvalue weighted by Gasteiger charge is 2.23. The minimum atomic E-state index is -0.447. The molecule has 0 atom stereocenters. The van der Waals surface area contributed by atoms with Crippen LogP contribution in [0.2, 0.25) is 0 Å². The van der Waals surface area contributed by atoms with Gasteiger partial charge in [0.1, 0.15) is 5.75 Å². The third-order valence-corrected chi connectivity index (χ3v) is 3.73. The number of carbonyl (C=O) groups excluding carboxylic acids is 1. The van der Waals surface area contributed by atoms with E-state index >= 15 is 0 Å². The average molecular weight is 372 g/mol. The Labute approximate surface area is 142 Å². The molecule has 1 heterocycles. The fourth-order valence-electron chi connectivity index (χ4n) is 2.11. The first-order valence-electron chi connectivity index (χ1n) is 7.17. The van der Waals surface area contributed by atoms with Crippen LogP contribution in [0.15, 0.2) is 63.7 Å². The fraction of sp³-hybridized carbons (Fsp3) is 0.111. The fourth-order valence-corrected chi connectivity index (χ4v) is 2.37. The molecule has 0 aliphatic carbocycles. The van der Waals surface area contributed by atoms with Crippen molar-refractivity contribution in [1.29, 1.82) is 0 Å². The lowest BCUT2D eigenvalue weighted by Crippen LogP contribution is -2.05. The van der Waals surface area contributed by atoms with E-state index in [9.17, 15) is 4.79 Å². The van der Waals surface area contributed by atoms with Crippen LogP contribution in [0.5, 0.6) is 5.75 Å². The number of cyclic esters (lactones) is 1. The number of rotatable bonds is 4. The zero-order valence-corrected chi connectivity index (χ0v) is 14.0. The lowest BCUT2D eigenvalue weighted by molar-refractivity contribution is -0.129. The third kappa shape index (κ3) is 3.68. The Morgan fingerprint density at radius 1 is 1.13 bits per heavy atom. The molecular weight excluding hydrogens is 358 g/mol. The molecule has 0 saturated heterocycles. The second kappa shape index (κ2) is 6.79. The van der Waals surface area contributed by atoms with Crippen LogP contribution in [0, 0.1) is 0 Å². The van der Waals surface area contributed by atoms with Crippen LogP contribution in [-0.2, 0) is 9.53 Å². The summed E-state index contributed by atoms with van der Waals surface area (Å²) in [7, 11) is 0. The molecule has 0 aromatic heterocycles. The molecule has 1 aliphatic heterocycles. The average Bonchev–Trinajstić information content (AvgIpc) is 2.91. The first-order chi connectivity index (χ1) is 11.2. The number of hydrogen-bond donors (Lipinski definition) is 0. The Morgan fingerprint density at radius 3 is 2.48 bits per heavy atom. The number of nitrogens with zero attached hydrogens (tertiary/aromatic N) is 1. The molecule has 1 aliphatic rings. The zero-order valence-electron chi connectivity index (χ0n) is 12.5. The molecule has 116 valence electrons. The molecule has 23 heavy (non-hydrogen) atoms. The molecule has 5 heteroatoms. The lowest BCUT2D eigenvalue weighted by Gasteiger charge is -2.02. The highest BCUT2D eigenvalue weighted by molar-refractivity contribution is 9.10. The number of halogens is 1. The topological polar surface area (TPSA) is 47.9 Å². The molecule has 0 amide bonds. The largest absolute Gasteiger partial charge is 0.494 e. The van der Waals surface area contributed by atoms with Crippen molar-refractivity contribution in [1.82, 2.24) is 0 Å². The van der Waals surface area contributed by atoms with E-state index in [2.05, 4.69) is 20.9 Å². The van der Waals surface area contributed by atoms with Crippen LogP contribution in [0.3, 0.4) is 0 Å². The molecular formula is C18H14BrNO3. The molecule has 2 aromatic rings. The van der Waals surface area contributed by atoms with Gasteiger partial charge in [0.15, 0.2) is 5.70 Å². The van der Waals surface area contributed by atoms with E-state index in [4.69, 9.17) is 9.47 Å². The van der Waals surface area contributed by atoms with E-state index in [1.54, 1.807) is 6.08 Å². The minimum absolute atomic E-state index is 0.284. The maximum atomic E-state index is 12.0. The Kier molecular flexibility index (Phi) is 4.57. The summed E-state index contributed by atoms with van der Waals surface area (Å²) in [5.41, 5.74) is 1.91. The van der Waals surface area contributed by atoms with Crippen molar-refractivity contribution >= 4 is 33.9 Å². The van der Waals surface area contributed by atoms with E-state index in [-0.39, 0.29) is 5.70 Å². The molecule has 4 nitrogen and oxygen atoms in total.